The van der Waals surface area contributed by atoms with Crippen LogP contribution < -0.4 is 14.8 Å². The predicted molar refractivity (Wildman–Crippen MR) is 54.9 cm³/mol. The molecule has 2 rings (SSSR count). The number of hydrogen-bond donors (Lipinski definition) is 1. The normalized spacial score (nSPS) is 12.7. The largest absolute Gasteiger partial charge is 0.486 e. The van der Waals surface area contributed by atoms with Crippen LogP contribution in [-0.2, 0) is 11.2 Å². The zero-order chi connectivity index (χ0) is 11.4. The minimum Gasteiger partial charge on any atom is -0.486 e. The molecular weight excluding hydrogens is 208 g/mol. The number of fused-ring (bicyclic) bond motifs is 1. The van der Waals surface area contributed by atoms with Crippen LogP contribution in [0.3, 0.4) is 0 Å². The number of nitrogens with zero attached hydrogens (tertiary/aromatic N) is 1. The summed E-state index contributed by atoms with van der Waals surface area (Å²) in [4.78, 5) is 11.2. The van der Waals surface area contributed by atoms with Crippen LogP contribution in [0.2, 0.25) is 0 Å². The SMILES string of the molecule is N#CNC(=O)Cc1ccc2c(c1)OCCO2. The zero-order valence-electron chi connectivity index (χ0n) is 8.53. The molecular formula is C11H10N2O3. The number of carbonyl (C=O) groups is 1. The predicted octanol–water partition coefficient (Wildman–Crippen LogP) is 0.598. The van der Waals surface area contributed by atoms with E-state index in [4.69, 9.17) is 14.7 Å². The number of amides is 1. The van der Waals surface area contributed by atoms with Crippen LogP contribution in [0, 0.1) is 11.5 Å². The van der Waals surface area contributed by atoms with E-state index in [1.165, 1.54) is 0 Å². The Hall–Kier alpha value is -2.22. The highest BCUT2D eigenvalue weighted by atomic mass is 16.6. The number of rotatable bonds is 2. The van der Waals surface area contributed by atoms with Gasteiger partial charge in [0.15, 0.2) is 17.7 Å². The van der Waals surface area contributed by atoms with Crippen molar-refractivity contribution in [3.63, 3.8) is 0 Å². The van der Waals surface area contributed by atoms with Crippen molar-refractivity contribution in [2.24, 2.45) is 0 Å². The number of nitriles is 1. The molecule has 0 spiro atoms. The minimum absolute atomic E-state index is 0.157. The molecule has 1 aliphatic heterocycles. The molecule has 82 valence electrons. The topological polar surface area (TPSA) is 71.4 Å². The van der Waals surface area contributed by atoms with Gasteiger partial charge in [-0.2, -0.15) is 5.26 Å². The fourth-order valence-electron chi connectivity index (χ4n) is 1.49. The van der Waals surface area contributed by atoms with Gasteiger partial charge in [0.1, 0.15) is 13.2 Å². The maximum atomic E-state index is 11.2. The van der Waals surface area contributed by atoms with Crippen LogP contribution in [0.4, 0.5) is 0 Å². The first kappa shape index (κ1) is 10.3. The molecule has 0 unspecified atom stereocenters. The summed E-state index contributed by atoms with van der Waals surface area (Å²) in [6, 6.07) is 5.30. The van der Waals surface area contributed by atoms with Crippen LogP contribution in [0.15, 0.2) is 18.2 Å². The van der Waals surface area contributed by atoms with Gasteiger partial charge < -0.3 is 9.47 Å². The highest BCUT2D eigenvalue weighted by molar-refractivity contribution is 5.80. The molecule has 0 bridgehead atoms. The fraction of sp³-hybridized carbons (Fsp3) is 0.273. The third-order valence-electron chi connectivity index (χ3n) is 2.17. The van der Waals surface area contributed by atoms with E-state index < -0.39 is 0 Å². The van der Waals surface area contributed by atoms with Gasteiger partial charge in [-0.1, -0.05) is 6.07 Å². The van der Waals surface area contributed by atoms with E-state index in [1.807, 2.05) is 0 Å². The second-order valence-electron chi connectivity index (χ2n) is 3.31. The van der Waals surface area contributed by atoms with Crippen molar-refractivity contribution >= 4 is 5.91 Å². The maximum absolute atomic E-state index is 11.2. The molecule has 5 heteroatoms. The van der Waals surface area contributed by atoms with Crippen molar-refractivity contribution in [1.82, 2.24) is 5.32 Å². The van der Waals surface area contributed by atoms with Crippen LogP contribution in [0.5, 0.6) is 11.5 Å². The van der Waals surface area contributed by atoms with Gasteiger partial charge in [0.25, 0.3) is 0 Å². The molecule has 1 aromatic rings. The molecule has 1 heterocycles. The van der Waals surface area contributed by atoms with E-state index >= 15 is 0 Å². The van der Waals surface area contributed by atoms with Crippen molar-refractivity contribution in [2.45, 2.75) is 6.42 Å². The third-order valence-corrected chi connectivity index (χ3v) is 2.17. The Morgan fingerprint density at radius 3 is 2.88 bits per heavy atom. The van der Waals surface area contributed by atoms with Gasteiger partial charge in [-0.05, 0) is 17.7 Å². The van der Waals surface area contributed by atoms with Gasteiger partial charge in [-0.3, -0.25) is 10.1 Å². The molecule has 1 aliphatic rings. The van der Waals surface area contributed by atoms with Gasteiger partial charge in [-0.25, -0.2) is 0 Å². The maximum Gasteiger partial charge on any atom is 0.237 e. The number of ether oxygens (including phenoxy) is 2. The third kappa shape index (κ3) is 2.23. The summed E-state index contributed by atoms with van der Waals surface area (Å²) in [6.45, 7) is 1.06. The lowest BCUT2D eigenvalue weighted by molar-refractivity contribution is -0.119. The lowest BCUT2D eigenvalue weighted by Gasteiger charge is -2.18. The van der Waals surface area contributed by atoms with E-state index in [0.29, 0.717) is 24.7 Å². The molecule has 0 fully saturated rings. The van der Waals surface area contributed by atoms with Gasteiger partial charge in [-0.15, -0.1) is 0 Å². The average molecular weight is 218 g/mol. The Balaban J connectivity index is 2.12. The Morgan fingerprint density at radius 2 is 2.12 bits per heavy atom. The molecule has 5 nitrogen and oxygen atoms in total. The van der Waals surface area contributed by atoms with Gasteiger partial charge >= 0.3 is 0 Å². The molecule has 0 saturated carbocycles. The van der Waals surface area contributed by atoms with Crippen molar-refractivity contribution in [3.8, 4) is 17.7 Å². The molecule has 0 aromatic heterocycles. The van der Waals surface area contributed by atoms with Crippen LogP contribution in [0.1, 0.15) is 5.56 Å². The molecule has 0 saturated heterocycles. The standard InChI is InChI=1S/C11H10N2O3/c12-7-13-11(14)6-8-1-2-9-10(5-8)16-4-3-15-9/h1-2,5H,3-4,6H2,(H,13,14). The lowest BCUT2D eigenvalue weighted by atomic mass is 10.1. The smallest absolute Gasteiger partial charge is 0.237 e. The molecule has 0 atom stereocenters. The summed E-state index contributed by atoms with van der Waals surface area (Å²) in [5.74, 6) is 1.00. The monoisotopic (exact) mass is 218 g/mol. The Kier molecular flexibility index (Phi) is 2.92. The van der Waals surface area contributed by atoms with Gasteiger partial charge in [0.2, 0.25) is 5.91 Å². The highest BCUT2D eigenvalue weighted by Crippen LogP contribution is 2.30. The van der Waals surface area contributed by atoms with Crippen LogP contribution in [-0.4, -0.2) is 19.1 Å². The van der Waals surface area contributed by atoms with E-state index in [0.717, 1.165) is 5.56 Å². The number of carbonyl (C=O) groups excluding carboxylic acids is 1. The van der Waals surface area contributed by atoms with E-state index in [-0.39, 0.29) is 12.3 Å². The molecule has 1 amide bonds. The van der Waals surface area contributed by atoms with Crippen LogP contribution in [0.25, 0.3) is 0 Å². The van der Waals surface area contributed by atoms with E-state index in [2.05, 4.69) is 5.32 Å². The van der Waals surface area contributed by atoms with Crippen molar-refractivity contribution in [3.05, 3.63) is 23.8 Å². The molecule has 1 N–H and O–H groups in total. The van der Waals surface area contributed by atoms with Crippen LogP contribution >= 0.6 is 0 Å². The first-order valence-corrected chi connectivity index (χ1v) is 4.86. The average Bonchev–Trinajstić information content (AvgIpc) is 2.29. The number of nitrogens with one attached hydrogen (secondary N) is 1. The molecule has 0 radical (unpaired) electrons. The second kappa shape index (κ2) is 4.53. The fourth-order valence-corrected chi connectivity index (χ4v) is 1.49. The number of hydrogen-bond acceptors (Lipinski definition) is 4. The second-order valence-corrected chi connectivity index (χ2v) is 3.31. The quantitative estimate of drug-likeness (QED) is 0.582. The molecule has 1 aromatic carbocycles. The summed E-state index contributed by atoms with van der Waals surface area (Å²) in [7, 11) is 0. The Labute approximate surface area is 92.6 Å². The summed E-state index contributed by atoms with van der Waals surface area (Å²) < 4.78 is 10.7. The summed E-state index contributed by atoms with van der Waals surface area (Å²) in [5.41, 5.74) is 0.789. The highest BCUT2D eigenvalue weighted by Gasteiger charge is 2.12. The Morgan fingerprint density at radius 1 is 1.38 bits per heavy atom. The first-order chi connectivity index (χ1) is 7.79. The molecule has 0 aliphatic carbocycles. The van der Waals surface area contributed by atoms with Crippen molar-refractivity contribution < 1.29 is 14.3 Å². The Bertz CT molecular complexity index is 451. The van der Waals surface area contributed by atoms with Gasteiger partial charge in [0.05, 0.1) is 6.42 Å². The first-order valence-electron chi connectivity index (χ1n) is 4.86. The molecule has 16 heavy (non-hydrogen) atoms. The summed E-state index contributed by atoms with van der Waals surface area (Å²) in [6.07, 6.45) is 1.75. The van der Waals surface area contributed by atoms with E-state index in [9.17, 15) is 4.79 Å². The summed E-state index contributed by atoms with van der Waals surface area (Å²) in [5, 5.41) is 10.3. The van der Waals surface area contributed by atoms with Crippen molar-refractivity contribution in [2.75, 3.05) is 13.2 Å². The zero-order valence-corrected chi connectivity index (χ0v) is 8.53. The minimum atomic E-state index is -0.334. The van der Waals surface area contributed by atoms with Crippen molar-refractivity contribution in [1.29, 1.82) is 5.26 Å². The lowest BCUT2D eigenvalue weighted by Crippen LogP contribution is -2.20. The number of benzene rings is 1. The summed E-state index contributed by atoms with van der Waals surface area (Å²) >= 11 is 0. The van der Waals surface area contributed by atoms with E-state index in [1.54, 1.807) is 24.4 Å². The van der Waals surface area contributed by atoms with Gasteiger partial charge in [0, 0.05) is 0 Å².